The Balaban J connectivity index is 2.23. The van der Waals surface area contributed by atoms with Crippen LogP contribution in [-0.4, -0.2) is 24.5 Å². The maximum atomic E-state index is 12.2. The van der Waals surface area contributed by atoms with Crippen molar-refractivity contribution in [2.45, 2.75) is 39.9 Å². The lowest BCUT2D eigenvalue weighted by molar-refractivity contribution is 0.0719. The van der Waals surface area contributed by atoms with E-state index in [2.05, 4.69) is 15.9 Å². The van der Waals surface area contributed by atoms with Crippen molar-refractivity contribution < 1.29 is 28.5 Å². The van der Waals surface area contributed by atoms with Crippen molar-refractivity contribution in [1.29, 1.82) is 0 Å². The van der Waals surface area contributed by atoms with Crippen LogP contribution >= 0.6 is 15.9 Å². The van der Waals surface area contributed by atoms with Crippen molar-refractivity contribution in [3.05, 3.63) is 46.9 Å². The molecule has 0 fully saturated rings. The Morgan fingerprint density at radius 3 is 1.66 bits per heavy atom. The maximum Gasteiger partial charge on any atom is 0.514 e. The molecule has 0 aliphatic carbocycles. The van der Waals surface area contributed by atoms with E-state index in [-0.39, 0.29) is 12.2 Å². The second-order valence-corrected chi connectivity index (χ2v) is 7.85. The average Bonchev–Trinajstić information content (AvgIpc) is 2.63. The topological polar surface area (TPSA) is 71.1 Å². The van der Waals surface area contributed by atoms with Crippen molar-refractivity contribution in [2.75, 3.05) is 0 Å². The van der Waals surface area contributed by atoms with E-state index in [0.29, 0.717) is 33.0 Å². The maximum absolute atomic E-state index is 12.2. The average molecular weight is 461 g/mol. The second kappa shape index (κ2) is 8.69. The van der Waals surface area contributed by atoms with Crippen LogP contribution in [0.2, 0.25) is 0 Å². The van der Waals surface area contributed by atoms with Gasteiger partial charge in [-0.2, -0.15) is 0 Å². The van der Waals surface area contributed by atoms with Crippen LogP contribution in [0.4, 0.5) is 9.59 Å². The quantitative estimate of drug-likeness (QED) is 0.248. The third kappa shape index (κ3) is 4.79. The molecule has 7 heteroatoms. The van der Waals surface area contributed by atoms with Crippen molar-refractivity contribution >= 4 is 49.8 Å². The highest BCUT2D eigenvalue weighted by molar-refractivity contribution is 9.10. The van der Waals surface area contributed by atoms with Gasteiger partial charge in [-0.15, -0.1) is 0 Å². The first-order valence-electron chi connectivity index (χ1n) is 9.17. The van der Waals surface area contributed by atoms with E-state index in [1.807, 2.05) is 18.2 Å². The van der Waals surface area contributed by atoms with Gasteiger partial charge in [0.25, 0.3) is 0 Å². The Labute approximate surface area is 176 Å². The predicted molar refractivity (Wildman–Crippen MR) is 114 cm³/mol. The molecule has 0 aliphatic rings. The summed E-state index contributed by atoms with van der Waals surface area (Å²) in [6.45, 7) is 6.97. The van der Waals surface area contributed by atoms with Crippen LogP contribution in [0.3, 0.4) is 0 Å². The molecular weight excluding hydrogens is 440 g/mol. The normalized spacial score (nSPS) is 11.1. The summed E-state index contributed by atoms with van der Waals surface area (Å²) in [5.41, 5.74) is 0. The van der Waals surface area contributed by atoms with Crippen LogP contribution in [0.25, 0.3) is 21.5 Å². The first kappa shape index (κ1) is 20.9. The van der Waals surface area contributed by atoms with E-state index in [0.717, 1.165) is 4.47 Å². The molecule has 0 spiro atoms. The fourth-order valence-corrected chi connectivity index (χ4v) is 3.25. The lowest BCUT2D eigenvalue weighted by Crippen LogP contribution is -2.17. The van der Waals surface area contributed by atoms with Gasteiger partial charge in [0.15, 0.2) is 5.75 Å². The van der Waals surface area contributed by atoms with Gasteiger partial charge in [0.05, 0.1) is 12.2 Å². The SMILES string of the molecule is CC(C)OC(=O)Oc1c2ccccc2c(OC(=O)OC(C)C)c2cc(Br)ccc12. The zero-order valence-electron chi connectivity index (χ0n) is 16.5. The lowest BCUT2D eigenvalue weighted by Gasteiger charge is -2.17. The fourth-order valence-electron chi connectivity index (χ4n) is 2.89. The molecule has 0 atom stereocenters. The molecular formula is C22H21BrO6. The molecule has 6 nitrogen and oxygen atoms in total. The summed E-state index contributed by atoms with van der Waals surface area (Å²) in [5, 5.41) is 2.40. The molecule has 0 bridgehead atoms. The Morgan fingerprint density at radius 2 is 1.17 bits per heavy atom. The molecule has 29 heavy (non-hydrogen) atoms. The van der Waals surface area contributed by atoms with E-state index in [1.165, 1.54) is 0 Å². The molecule has 3 rings (SSSR count). The molecule has 0 aromatic heterocycles. The number of benzene rings is 3. The second-order valence-electron chi connectivity index (χ2n) is 6.93. The predicted octanol–water partition coefficient (Wildman–Crippen LogP) is 6.60. The molecule has 0 heterocycles. The van der Waals surface area contributed by atoms with Gasteiger partial charge < -0.3 is 18.9 Å². The van der Waals surface area contributed by atoms with Crippen LogP contribution < -0.4 is 9.47 Å². The van der Waals surface area contributed by atoms with E-state index < -0.39 is 12.3 Å². The molecule has 0 N–H and O–H groups in total. The van der Waals surface area contributed by atoms with Gasteiger partial charge in [-0.3, -0.25) is 0 Å². The number of rotatable bonds is 4. The molecule has 0 saturated carbocycles. The summed E-state index contributed by atoms with van der Waals surface area (Å²) in [4.78, 5) is 24.4. The largest absolute Gasteiger partial charge is 0.514 e. The van der Waals surface area contributed by atoms with Gasteiger partial charge in [-0.05, 0) is 45.9 Å². The summed E-state index contributed by atoms with van der Waals surface area (Å²) in [5.74, 6) is 0.658. The standard InChI is InChI=1S/C22H21BrO6/c1-12(2)26-21(24)28-19-15-7-5-6-8-16(15)20(29-22(25)27-13(3)4)18-11-14(23)9-10-17(18)19/h5-13H,1-4H3. The first-order chi connectivity index (χ1) is 13.8. The van der Waals surface area contributed by atoms with Crippen LogP contribution in [0.15, 0.2) is 46.9 Å². The Kier molecular flexibility index (Phi) is 6.27. The molecule has 3 aromatic carbocycles. The number of hydrogen-bond donors (Lipinski definition) is 0. The summed E-state index contributed by atoms with van der Waals surface area (Å²) in [7, 11) is 0. The van der Waals surface area contributed by atoms with Crippen LogP contribution in [0.5, 0.6) is 11.5 Å². The summed E-state index contributed by atoms with van der Waals surface area (Å²) in [6.07, 6.45) is -2.25. The lowest BCUT2D eigenvalue weighted by atomic mass is 10.0. The zero-order valence-corrected chi connectivity index (χ0v) is 18.1. The smallest absolute Gasteiger partial charge is 0.431 e. The van der Waals surface area contributed by atoms with Gasteiger partial charge in [-0.1, -0.05) is 40.2 Å². The molecule has 0 radical (unpaired) electrons. The number of carbonyl (C=O) groups excluding carboxylic acids is 2. The number of hydrogen-bond acceptors (Lipinski definition) is 6. The molecule has 0 amide bonds. The van der Waals surface area contributed by atoms with Crippen LogP contribution in [0.1, 0.15) is 27.7 Å². The molecule has 0 saturated heterocycles. The molecule has 3 aromatic rings. The highest BCUT2D eigenvalue weighted by Gasteiger charge is 2.22. The third-order valence-corrected chi connectivity index (χ3v) is 4.42. The zero-order chi connectivity index (χ0) is 21.1. The minimum absolute atomic E-state index is 0.317. The third-order valence-electron chi connectivity index (χ3n) is 3.92. The summed E-state index contributed by atoms with van der Waals surface area (Å²) in [6, 6.07) is 12.6. The number of carbonyl (C=O) groups is 2. The number of ether oxygens (including phenoxy) is 4. The number of fused-ring (bicyclic) bond motifs is 2. The van der Waals surface area contributed by atoms with Crippen molar-refractivity contribution in [1.82, 2.24) is 0 Å². The van der Waals surface area contributed by atoms with Gasteiger partial charge in [0.1, 0.15) is 5.75 Å². The van der Waals surface area contributed by atoms with E-state index in [4.69, 9.17) is 18.9 Å². The molecule has 0 unspecified atom stereocenters. The van der Waals surface area contributed by atoms with Crippen molar-refractivity contribution in [2.24, 2.45) is 0 Å². The Morgan fingerprint density at radius 1 is 0.724 bits per heavy atom. The van der Waals surface area contributed by atoms with Crippen molar-refractivity contribution in [3.63, 3.8) is 0 Å². The number of halogens is 1. The van der Waals surface area contributed by atoms with Gasteiger partial charge in [0, 0.05) is 26.0 Å². The van der Waals surface area contributed by atoms with Crippen molar-refractivity contribution in [3.8, 4) is 11.5 Å². The highest BCUT2D eigenvalue weighted by Crippen LogP contribution is 2.44. The van der Waals surface area contributed by atoms with Gasteiger partial charge in [-0.25, -0.2) is 9.59 Å². The van der Waals surface area contributed by atoms with Crippen LogP contribution in [0, 0.1) is 0 Å². The van der Waals surface area contributed by atoms with E-state index in [1.54, 1.807) is 52.0 Å². The van der Waals surface area contributed by atoms with Crippen LogP contribution in [-0.2, 0) is 9.47 Å². The first-order valence-corrected chi connectivity index (χ1v) is 9.96. The summed E-state index contributed by atoms with van der Waals surface area (Å²) >= 11 is 3.44. The molecule has 152 valence electrons. The minimum Gasteiger partial charge on any atom is -0.431 e. The van der Waals surface area contributed by atoms with Gasteiger partial charge >= 0.3 is 12.3 Å². The highest BCUT2D eigenvalue weighted by atomic mass is 79.9. The summed E-state index contributed by atoms with van der Waals surface area (Å²) < 4.78 is 22.2. The Hall–Kier alpha value is -2.80. The fraction of sp³-hybridized carbons (Fsp3) is 0.273. The Bertz CT molecular complexity index is 1070. The van der Waals surface area contributed by atoms with E-state index in [9.17, 15) is 9.59 Å². The van der Waals surface area contributed by atoms with E-state index >= 15 is 0 Å². The monoisotopic (exact) mass is 460 g/mol. The molecule has 0 aliphatic heterocycles. The minimum atomic E-state index is -0.806. The van der Waals surface area contributed by atoms with Gasteiger partial charge in [0.2, 0.25) is 0 Å².